The first kappa shape index (κ1) is 11.8. The van der Waals surface area contributed by atoms with E-state index in [-0.39, 0.29) is 5.56 Å². The lowest BCUT2D eigenvalue weighted by Crippen LogP contribution is -2.10. The van der Waals surface area contributed by atoms with Crippen molar-refractivity contribution in [1.82, 2.24) is 9.78 Å². The van der Waals surface area contributed by atoms with Gasteiger partial charge in [0.25, 0.3) is 5.56 Å². The molecular weight excluding hydrogens is 284 g/mol. The molecule has 0 bridgehead atoms. The van der Waals surface area contributed by atoms with Gasteiger partial charge in [-0.2, -0.15) is 5.11 Å². The number of azo groups is 1. The van der Waals surface area contributed by atoms with Crippen molar-refractivity contribution in [1.29, 1.82) is 0 Å². The predicted octanol–water partition coefficient (Wildman–Crippen LogP) is 3.20. The van der Waals surface area contributed by atoms with E-state index in [1.807, 2.05) is 24.3 Å². The highest BCUT2D eigenvalue weighted by atomic mass is 79.9. The molecule has 2 aromatic rings. The summed E-state index contributed by atoms with van der Waals surface area (Å²) in [5, 5.41) is 10.9. The molecule has 0 fully saturated rings. The Morgan fingerprint density at radius 2 is 1.88 bits per heavy atom. The molecule has 0 aliphatic carbocycles. The quantitative estimate of drug-likeness (QED) is 0.850. The third-order valence-corrected chi connectivity index (χ3v) is 2.82. The highest BCUT2D eigenvalue weighted by Crippen LogP contribution is 2.19. The molecule has 0 aliphatic heterocycles. The minimum absolute atomic E-state index is 0.177. The zero-order valence-corrected chi connectivity index (χ0v) is 11.0. The molecule has 88 valence electrons. The molecule has 1 N–H and O–H groups in total. The Morgan fingerprint density at radius 3 is 2.41 bits per heavy atom. The van der Waals surface area contributed by atoms with Crippen LogP contribution in [0, 0.1) is 6.92 Å². The summed E-state index contributed by atoms with van der Waals surface area (Å²) in [6.45, 7) is 1.79. The van der Waals surface area contributed by atoms with Crippen LogP contribution in [0.1, 0.15) is 5.69 Å². The van der Waals surface area contributed by atoms with Gasteiger partial charge in [-0.3, -0.25) is 14.6 Å². The molecule has 0 aliphatic rings. The van der Waals surface area contributed by atoms with Crippen LogP contribution in [0.3, 0.4) is 0 Å². The molecule has 0 radical (unpaired) electrons. The SMILES string of the molecule is Cc1[nH]n(C)c(=O)c1N=Nc1ccc(Br)cc1. The van der Waals surface area contributed by atoms with Crippen LogP contribution in [0.5, 0.6) is 0 Å². The van der Waals surface area contributed by atoms with E-state index in [0.717, 1.165) is 4.47 Å². The van der Waals surface area contributed by atoms with Gasteiger partial charge in [0.1, 0.15) is 0 Å². The van der Waals surface area contributed by atoms with Crippen molar-refractivity contribution in [3.05, 3.63) is 44.8 Å². The Kier molecular flexibility index (Phi) is 3.23. The highest BCUT2D eigenvalue weighted by molar-refractivity contribution is 9.10. The fourth-order valence-electron chi connectivity index (χ4n) is 1.41. The summed E-state index contributed by atoms with van der Waals surface area (Å²) in [5.41, 5.74) is 1.58. The summed E-state index contributed by atoms with van der Waals surface area (Å²) in [4.78, 5) is 11.6. The van der Waals surface area contributed by atoms with Gasteiger partial charge in [0.15, 0.2) is 5.69 Å². The van der Waals surface area contributed by atoms with Crippen LogP contribution < -0.4 is 5.56 Å². The molecule has 0 saturated carbocycles. The van der Waals surface area contributed by atoms with Crippen LogP contribution >= 0.6 is 15.9 Å². The van der Waals surface area contributed by atoms with Crippen molar-refractivity contribution in [2.24, 2.45) is 17.3 Å². The fraction of sp³-hybridized carbons (Fsp3) is 0.182. The third kappa shape index (κ3) is 2.52. The van der Waals surface area contributed by atoms with E-state index in [4.69, 9.17) is 0 Å². The second-order valence-corrected chi connectivity index (χ2v) is 4.54. The van der Waals surface area contributed by atoms with Gasteiger partial charge in [-0.05, 0) is 31.2 Å². The van der Waals surface area contributed by atoms with Gasteiger partial charge < -0.3 is 0 Å². The molecule has 0 unspecified atom stereocenters. The molecule has 17 heavy (non-hydrogen) atoms. The van der Waals surface area contributed by atoms with Gasteiger partial charge in [0, 0.05) is 11.5 Å². The van der Waals surface area contributed by atoms with Gasteiger partial charge in [0.05, 0.1) is 11.4 Å². The van der Waals surface area contributed by atoms with E-state index in [1.54, 1.807) is 14.0 Å². The van der Waals surface area contributed by atoms with Gasteiger partial charge in [-0.1, -0.05) is 15.9 Å². The number of aryl methyl sites for hydroxylation is 2. The average molecular weight is 295 g/mol. The molecule has 1 heterocycles. The number of nitrogens with zero attached hydrogens (tertiary/aromatic N) is 3. The monoisotopic (exact) mass is 294 g/mol. The molecule has 0 spiro atoms. The number of benzene rings is 1. The molecule has 1 aromatic heterocycles. The number of hydrogen-bond acceptors (Lipinski definition) is 3. The van der Waals surface area contributed by atoms with Crippen molar-refractivity contribution in [2.75, 3.05) is 0 Å². The average Bonchev–Trinajstić information content (AvgIpc) is 2.54. The Balaban J connectivity index is 2.32. The van der Waals surface area contributed by atoms with Crippen molar-refractivity contribution in [2.45, 2.75) is 6.92 Å². The molecule has 5 nitrogen and oxygen atoms in total. The second kappa shape index (κ2) is 4.67. The van der Waals surface area contributed by atoms with E-state index < -0.39 is 0 Å². The largest absolute Gasteiger partial charge is 0.298 e. The van der Waals surface area contributed by atoms with Crippen LogP contribution in [0.25, 0.3) is 0 Å². The second-order valence-electron chi connectivity index (χ2n) is 3.63. The van der Waals surface area contributed by atoms with E-state index in [9.17, 15) is 4.79 Å². The Hall–Kier alpha value is -1.69. The van der Waals surface area contributed by atoms with E-state index in [1.165, 1.54) is 4.68 Å². The van der Waals surface area contributed by atoms with Gasteiger partial charge in [0.2, 0.25) is 0 Å². The Labute approximate surface area is 106 Å². The first-order valence-corrected chi connectivity index (χ1v) is 5.80. The number of rotatable bonds is 2. The number of hydrogen-bond donors (Lipinski definition) is 1. The number of aromatic amines is 1. The summed E-state index contributed by atoms with van der Waals surface area (Å²) in [6, 6.07) is 7.38. The summed E-state index contributed by atoms with van der Waals surface area (Å²) in [7, 11) is 1.65. The molecule has 2 rings (SSSR count). The lowest BCUT2D eigenvalue weighted by molar-refractivity contribution is 0.731. The third-order valence-electron chi connectivity index (χ3n) is 2.29. The number of aromatic nitrogens is 2. The minimum atomic E-state index is -0.177. The van der Waals surface area contributed by atoms with Gasteiger partial charge in [-0.25, -0.2) is 0 Å². The van der Waals surface area contributed by atoms with Crippen molar-refractivity contribution >= 4 is 27.3 Å². The van der Waals surface area contributed by atoms with Crippen LogP contribution in [0.15, 0.2) is 43.8 Å². The summed E-state index contributed by atoms with van der Waals surface area (Å²) < 4.78 is 2.36. The Bertz CT molecular complexity index is 609. The fourth-order valence-corrected chi connectivity index (χ4v) is 1.67. The maximum Gasteiger partial charge on any atom is 0.294 e. The lowest BCUT2D eigenvalue weighted by atomic mass is 10.3. The van der Waals surface area contributed by atoms with E-state index in [0.29, 0.717) is 17.1 Å². The van der Waals surface area contributed by atoms with Crippen molar-refractivity contribution in [3.63, 3.8) is 0 Å². The number of nitrogens with one attached hydrogen (secondary N) is 1. The molecule has 6 heteroatoms. The molecule has 0 atom stereocenters. The minimum Gasteiger partial charge on any atom is -0.298 e. The first-order chi connectivity index (χ1) is 8.08. The highest BCUT2D eigenvalue weighted by Gasteiger charge is 2.07. The van der Waals surface area contributed by atoms with Gasteiger partial charge in [-0.15, -0.1) is 5.11 Å². The first-order valence-electron chi connectivity index (χ1n) is 5.01. The van der Waals surface area contributed by atoms with Crippen molar-refractivity contribution in [3.8, 4) is 0 Å². The normalized spacial score (nSPS) is 11.2. The number of H-pyrrole nitrogens is 1. The number of halogens is 1. The Morgan fingerprint density at radius 1 is 1.24 bits per heavy atom. The summed E-state index contributed by atoms with van der Waals surface area (Å²) in [5.74, 6) is 0. The van der Waals surface area contributed by atoms with Crippen LogP contribution in [-0.2, 0) is 7.05 Å². The lowest BCUT2D eigenvalue weighted by Gasteiger charge is -1.91. The van der Waals surface area contributed by atoms with E-state index in [2.05, 4.69) is 31.3 Å². The molecule has 1 aromatic carbocycles. The van der Waals surface area contributed by atoms with E-state index >= 15 is 0 Å². The van der Waals surface area contributed by atoms with Crippen molar-refractivity contribution < 1.29 is 0 Å². The summed E-state index contributed by atoms with van der Waals surface area (Å²) in [6.07, 6.45) is 0. The summed E-state index contributed by atoms with van der Waals surface area (Å²) >= 11 is 3.34. The van der Waals surface area contributed by atoms with Crippen LogP contribution in [0.4, 0.5) is 11.4 Å². The standard InChI is InChI=1S/C11H11BrN4O/c1-7-10(11(17)16(2)15-7)14-13-9-5-3-8(12)4-6-9/h3-6,15H,1-2H3. The van der Waals surface area contributed by atoms with Crippen LogP contribution in [0.2, 0.25) is 0 Å². The maximum absolute atomic E-state index is 11.6. The predicted molar refractivity (Wildman–Crippen MR) is 69.1 cm³/mol. The molecule has 0 amide bonds. The maximum atomic E-state index is 11.6. The molecular formula is C11H11BrN4O. The van der Waals surface area contributed by atoms with Crippen LogP contribution in [-0.4, -0.2) is 9.78 Å². The smallest absolute Gasteiger partial charge is 0.294 e. The molecule has 0 saturated heterocycles. The zero-order valence-electron chi connectivity index (χ0n) is 9.44. The topological polar surface area (TPSA) is 62.5 Å². The zero-order chi connectivity index (χ0) is 12.4. The van der Waals surface area contributed by atoms with Gasteiger partial charge >= 0.3 is 0 Å².